The molecule has 0 atom stereocenters. The molecule has 0 fully saturated rings. The van der Waals surface area contributed by atoms with E-state index in [1.54, 1.807) is 20.0 Å². The maximum atomic E-state index is 15.4. The van der Waals surface area contributed by atoms with Crippen molar-refractivity contribution >= 4 is 18.3 Å². The summed E-state index contributed by atoms with van der Waals surface area (Å²) in [5, 5.41) is 0. The van der Waals surface area contributed by atoms with Crippen LogP contribution in [0.4, 0.5) is 8.63 Å². The van der Waals surface area contributed by atoms with Crippen LogP contribution in [0.2, 0.25) is 0 Å². The fraction of sp³-hybridized carbons (Fsp3) is 0.263. The average Bonchev–Trinajstić information content (AvgIpc) is 2.99. The van der Waals surface area contributed by atoms with Crippen LogP contribution in [0.3, 0.4) is 0 Å². The third kappa shape index (κ3) is 2.03. The highest BCUT2D eigenvalue weighted by molar-refractivity contribution is 6.58. The summed E-state index contributed by atoms with van der Waals surface area (Å²) in [6, 6.07) is 5.72. The molecule has 0 bridgehead atoms. The van der Waals surface area contributed by atoms with Crippen LogP contribution in [-0.2, 0) is 0 Å². The number of aromatic nitrogens is 2. The van der Waals surface area contributed by atoms with E-state index in [4.69, 9.17) is 0 Å². The van der Waals surface area contributed by atoms with E-state index in [0.717, 1.165) is 28.0 Å². The van der Waals surface area contributed by atoms with Crippen molar-refractivity contribution in [1.29, 1.82) is 0 Å². The number of halogens is 2. The summed E-state index contributed by atoms with van der Waals surface area (Å²) in [6.45, 7) is 5.30. The Bertz CT molecular complexity index is 1010. The Hall–Kier alpha value is -2.50. The van der Waals surface area contributed by atoms with Gasteiger partial charge >= 0.3 is 6.97 Å². The monoisotopic (exact) mass is 339 g/mol. The van der Waals surface area contributed by atoms with Crippen LogP contribution in [0.15, 0.2) is 41.7 Å². The average molecular weight is 339 g/mol. The molecule has 128 valence electrons. The lowest BCUT2D eigenvalue weighted by Crippen LogP contribution is -2.51. The molecule has 2 aromatic heterocycles. The van der Waals surface area contributed by atoms with Crippen LogP contribution in [0.1, 0.15) is 42.1 Å². The van der Waals surface area contributed by atoms with E-state index in [-0.39, 0.29) is 0 Å². The summed E-state index contributed by atoms with van der Waals surface area (Å²) in [7, 11) is 0. The topological polar surface area (TPSA) is 20.8 Å². The molecule has 0 unspecified atom stereocenters. The van der Waals surface area contributed by atoms with Gasteiger partial charge in [0.1, 0.15) is 5.71 Å². The summed E-state index contributed by atoms with van der Waals surface area (Å²) in [6.07, 6.45) is 3.61. The quantitative estimate of drug-likeness (QED) is 0.712. The van der Waals surface area contributed by atoms with Gasteiger partial charge in [-0.15, -0.1) is 0 Å². The van der Waals surface area contributed by atoms with Gasteiger partial charge in [0.05, 0.1) is 11.3 Å². The highest BCUT2D eigenvalue weighted by atomic mass is 19.2. The standard InChI is InChI=1S/C19H20BF2N3/c1-11-6-7-16(23-10-11)17-18-12(2)8-14(4)24(18)20(21,22)25-15(5)9-13(3)19(17)25/h6-10H,1-5H3. The number of hydrogen-bond donors (Lipinski definition) is 0. The Morgan fingerprint density at radius 3 is 2.44 bits per heavy atom. The van der Waals surface area contributed by atoms with Crippen molar-refractivity contribution in [3.63, 3.8) is 0 Å². The number of pyridine rings is 1. The third-order valence-electron chi connectivity index (χ3n) is 5.10. The lowest BCUT2D eigenvalue weighted by molar-refractivity contribution is -0.363. The largest absolute Gasteiger partial charge is 0.737 e. The molecule has 25 heavy (non-hydrogen) atoms. The predicted octanol–water partition coefficient (Wildman–Crippen LogP) is 4.24. The molecule has 0 spiro atoms. The molecule has 0 saturated heterocycles. The molecular formula is C19H20BF2N3. The maximum Gasteiger partial charge on any atom is 0.737 e. The Morgan fingerprint density at radius 2 is 1.80 bits per heavy atom. The summed E-state index contributed by atoms with van der Waals surface area (Å²) < 4.78 is 33.3. The molecule has 2 aliphatic rings. The number of fused-ring (bicyclic) bond motifs is 2. The minimum absolute atomic E-state index is 0.568. The smallest absolute Gasteiger partial charge is 0.393 e. The molecule has 4 rings (SSSR count). The Balaban J connectivity index is 2.17. The third-order valence-corrected chi connectivity index (χ3v) is 5.10. The van der Waals surface area contributed by atoms with Gasteiger partial charge in [0, 0.05) is 30.5 Å². The molecule has 0 aliphatic carbocycles. The summed E-state index contributed by atoms with van der Waals surface area (Å²) in [4.78, 5) is 4.55. The Morgan fingerprint density at radius 1 is 1.08 bits per heavy atom. The normalized spacial score (nSPS) is 18.4. The van der Waals surface area contributed by atoms with Crippen LogP contribution in [0.25, 0.3) is 5.57 Å². The van der Waals surface area contributed by atoms with Crippen molar-refractivity contribution in [2.75, 3.05) is 0 Å². The van der Waals surface area contributed by atoms with E-state index >= 15 is 8.63 Å². The number of nitrogens with zero attached hydrogens (tertiary/aromatic N) is 3. The van der Waals surface area contributed by atoms with Gasteiger partial charge in [-0.25, -0.2) is 0 Å². The number of allylic oxidation sites excluding steroid dienone is 2. The molecule has 0 radical (unpaired) electrons. The first kappa shape index (κ1) is 16.0. The molecular weight excluding hydrogens is 319 g/mol. The lowest BCUT2D eigenvalue weighted by Gasteiger charge is -2.33. The zero-order valence-electron chi connectivity index (χ0n) is 15.1. The van der Waals surface area contributed by atoms with E-state index in [9.17, 15) is 0 Å². The van der Waals surface area contributed by atoms with Crippen molar-refractivity contribution in [3.05, 3.63) is 70.0 Å². The summed E-state index contributed by atoms with van der Waals surface area (Å²) in [5.41, 5.74) is 6.53. The first-order chi connectivity index (χ1) is 11.7. The Kier molecular flexibility index (Phi) is 3.20. The first-order valence-electron chi connectivity index (χ1n) is 8.43. The second kappa shape index (κ2) is 5.00. The second-order valence-electron chi connectivity index (χ2n) is 7.06. The summed E-state index contributed by atoms with van der Waals surface area (Å²) >= 11 is 0. The molecule has 0 aromatic carbocycles. The van der Waals surface area contributed by atoms with Crippen molar-refractivity contribution in [2.45, 2.75) is 34.6 Å². The molecule has 6 heteroatoms. The first-order valence-corrected chi connectivity index (χ1v) is 8.43. The fourth-order valence-electron chi connectivity index (χ4n) is 4.16. The van der Waals surface area contributed by atoms with Crippen molar-refractivity contribution < 1.29 is 13.1 Å². The van der Waals surface area contributed by atoms with Crippen molar-refractivity contribution in [1.82, 2.24) is 9.46 Å². The highest BCUT2D eigenvalue weighted by Gasteiger charge is 2.55. The molecule has 0 amide bonds. The van der Waals surface area contributed by atoms with Gasteiger partial charge < -0.3 is 17.6 Å². The fourth-order valence-corrected chi connectivity index (χ4v) is 4.16. The van der Waals surface area contributed by atoms with Gasteiger partial charge in [-0.2, -0.15) is 0 Å². The molecule has 2 aromatic rings. The van der Waals surface area contributed by atoms with Gasteiger partial charge in [-0.05, 0) is 56.6 Å². The van der Waals surface area contributed by atoms with Crippen molar-refractivity contribution in [2.24, 2.45) is 0 Å². The molecule has 0 N–H and O–H groups in total. The van der Waals surface area contributed by atoms with E-state index in [0.29, 0.717) is 22.8 Å². The molecule has 2 aliphatic heterocycles. The van der Waals surface area contributed by atoms with E-state index < -0.39 is 6.97 Å². The summed E-state index contributed by atoms with van der Waals surface area (Å²) in [5.74, 6) is 0. The van der Waals surface area contributed by atoms with Crippen molar-refractivity contribution in [3.8, 4) is 0 Å². The predicted molar refractivity (Wildman–Crippen MR) is 97.0 cm³/mol. The molecule has 3 nitrogen and oxygen atoms in total. The zero-order valence-corrected chi connectivity index (χ0v) is 15.1. The van der Waals surface area contributed by atoms with Gasteiger partial charge in [0.2, 0.25) is 0 Å². The van der Waals surface area contributed by atoms with Gasteiger partial charge in [-0.3, -0.25) is 4.98 Å². The van der Waals surface area contributed by atoms with Gasteiger partial charge in [0.25, 0.3) is 0 Å². The van der Waals surface area contributed by atoms with E-state index in [2.05, 4.69) is 4.98 Å². The van der Waals surface area contributed by atoms with Crippen LogP contribution in [0.5, 0.6) is 0 Å². The SMILES string of the molecule is CC1=CC(C)=[N+]2C1=C(c1ccc(C)cn1)c1c(C)cc(C)n1[B-]2(F)F. The second-order valence-corrected chi connectivity index (χ2v) is 7.06. The Labute approximate surface area is 146 Å². The minimum Gasteiger partial charge on any atom is -0.393 e. The zero-order chi connectivity index (χ0) is 18.1. The van der Waals surface area contributed by atoms with Crippen LogP contribution in [0, 0.1) is 20.8 Å². The lowest BCUT2D eigenvalue weighted by atomic mass is 9.85. The van der Waals surface area contributed by atoms with Gasteiger partial charge in [-0.1, -0.05) is 6.07 Å². The van der Waals surface area contributed by atoms with E-state index in [1.165, 1.54) is 8.96 Å². The molecule has 0 saturated carbocycles. The number of hydrogen-bond acceptors (Lipinski definition) is 1. The van der Waals surface area contributed by atoms with Crippen LogP contribution >= 0.6 is 0 Å². The number of aryl methyl sites for hydroxylation is 3. The van der Waals surface area contributed by atoms with Crippen LogP contribution < -0.4 is 0 Å². The van der Waals surface area contributed by atoms with Gasteiger partial charge in [0.15, 0.2) is 5.70 Å². The number of rotatable bonds is 1. The van der Waals surface area contributed by atoms with Crippen LogP contribution in [-0.4, -0.2) is 26.6 Å². The van der Waals surface area contributed by atoms with E-state index in [1.807, 2.05) is 45.0 Å². The highest BCUT2D eigenvalue weighted by Crippen LogP contribution is 2.43. The molecule has 4 heterocycles. The maximum absolute atomic E-state index is 15.4. The minimum atomic E-state index is -3.92.